The molecule has 1 fully saturated rings. The summed E-state index contributed by atoms with van der Waals surface area (Å²) in [6.45, 7) is 7.18. The number of hydrogen-bond acceptors (Lipinski definition) is 5. The van der Waals surface area contributed by atoms with E-state index in [1.165, 1.54) is 10.6 Å². The Morgan fingerprint density at radius 3 is 2.35 bits per heavy atom. The minimum atomic E-state index is -3.08. The molecular weight excluding hydrogens is 298 g/mol. The highest BCUT2D eigenvalue weighted by Crippen LogP contribution is 2.09. The fraction of sp³-hybridized carbons (Fsp3) is 0.818. The average Bonchev–Trinajstić information content (AvgIpc) is 2.71. The lowest BCUT2D eigenvalue weighted by molar-refractivity contribution is 0.145. The summed E-state index contributed by atoms with van der Waals surface area (Å²) in [4.78, 5) is 2.16. The Morgan fingerprint density at radius 2 is 1.90 bits per heavy atom. The molecule has 9 heteroatoms. The predicted octanol–water partition coefficient (Wildman–Crippen LogP) is 0.530. The molecule has 0 aliphatic carbocycles. The fourth-order valence-corrected chi connectivity index (χ4v) is 3.38. The first kappa shape index (κ1) is 15.6. The molecule has 0 spiro atoms. The van der Waals surface area contributed by atoms with Crippen LogP contribution in [0, 0.1) is 4.77 Å². The lowest BCUT2D eigenvalue weighted by atomic mass is 10.4. The second kappa shape index (κ2) is 5.92. The molecule has 0 saturated carbocycles. The zero-order chi connectivity index (χ0) is 14.9. The van der Waals surface area contributed by atoms with Gasteiger partial charge in [-0.05, 0) is 26.1 Å². The molecule has 0 amide bonds. The van der Waals surface area contributed by atoms with Gasteiger partial charge in [-0.1, -0.05) is 0 Å². The van der Waals surface area contributed by atoms with Crippen molar-refractivity contribution >= 4 is 22.2 Å². The summed E-state index contributed by atoms with van der Waals surface area (Å²) in [6.07, 6.45) is 3.00. The fourth-order valence-electron chi connectivity index (χ4n) is 2.19. The molecule has 1 aromatic rings. The second-order valence-corrected chi connectivity index (χ2v) is 7.68. The van der Waals surface area contributed by atoms with Gasteiger partial charge in [-0.3, -0.25) is 4.90 Å². The van der Waals surface area contributed by atoms with E-state index in [9.17, 15) is 8.42 Å². The van der Waals surface area contributed by atoms with Crippen molar-refractivity contribution in [3.8, 4) is 0 Å². The van der Waals surface area contributed by atoms with Crippen molar-refractivity contribution in [3.63, 3.8) is 0 Å². The van der Waals surface area contributed by atoms with Crippen LogP contribution in [0.25, 0.3) is 0 Å². The van der Waals surface area contributed by atoms with Crippen LogP contribution < -0.4 is 0 Å². The number of aromatic nitrogens is 3. The molecule has 1 aromatic heterocycles. The van der Waals surface area contributed by atoms with Crippen LogP contribution >= 0.6 is 12.2 Å². The summed E-state index contributed by atoms with van der Waals surface area (Å²) >= 11 is 5.38. The van der Waals surface area contributed by atoms with E-state index in [1.807, 2.05) is 4.57 Å². The molecule has 20 heavy (non-hydrogen) atoms. The van der Waals surface area contributed by atoms with Gasteiger partial charge in [0.1, 0.15) is 6.33 Å². The van der Waals surface area contributed by atoms with Gasteiger partial charge in [-0.15, -0.1) is 0 Å². The normalized spacial score (nSPS) is 18.8. The molecule has 1 aliphatic rings. The van der Waals surface area contributed by atoms with Gasteiger partial charge in [0, 0.05) is 32.2 Å². The Hall–Kier alpha value is -0.770. The van der Waals surface area contributed by atoms with Crippen molar-refractivity contribution in [1.82, 2.24) is 23.6 Å². The van der Waals surface area contributed by atoms with Gasteiger partial charge < -0.3 is 4.57 Å². The minimum Gasteiger partial charge on any atom is -0.304 e. The van der Waals surface area contributed by atoms with E-state index in [4.69, 9.17) is 12.2 Å². The van der Waals surface area contributed by atoms with Gasteiger partial charge in [-0.2, -0.15) is 9.40 Å². The number of rotatable bonds is 4. The van der Waals surface area contributed by atoms with Gasteiger partial charge >= 0.3 is 0 Å². The van der Waals surface area contributed by atoms with E-state index in [2.05, 4.69) is 23.8 Å². The minimum absolute atomic E-state index is 0.290. The Kier molecular flexibility index (Phi) is 4.62. The molecule has 114 valence electrons. The highest BCUT2D eigenvalue weighted by Gasteiger charge is 2.23. The lowest BCUT2D eigenvalue weighted by Crippen LogP contribution is -2.48. The maximum atomic E-state index is 11.5. The van der Waals surface area contributed by atoms with Gasteiger partial charge in [0.25, 0.3) is 0 Å². The quantitative estimate of drug-likeness (QED) is 0.758. The summed E-state index contributed by atoms with van der Waals surface area (Å²) in [5.41, 5.74) is 0. The Morgan fingerprint density at radius 1 is 1.30 bits per heavy atom. The summed E-state index contributed by atoms with van der Waals surface area (Å²) < 4.78 is 28.8. The zero-order valence-corrected chi connectivity index (χ0v) is 13.7. The molecule has 0 unspecified atom stereocenters. The highest BCUT2D eigenvalue weighted by molar-refractivity contribution is 7.88. The van der Waals surface area contributed by atoms with Crippen molar-refractivity contribution < 1.29 is 8.42 Å². The van der Waals surface area contributed by atoms with E-state index >= 15 is 0 Å². The zero-order valence-electron chi connectivity index (χ0n) is 12.1. The molecule has 0 bridgehead atoms. The van der Waals surface area contributed by atoms with E-state index < -0.39 is 10.0 Å². The molecule has 0 atom stereocenters. The summed E-state index contributed by atoms with van der Waals surface area (Å²) in [5.74, 6) is 0. The molecule has 2 heterocycles. The van der Waals surface area contributed by atoms with E-state index in [1.54, 1.807) is 11.0 Å². The first-order chi connectivity index (χ1) is 9.29. The smallest absolute Gasteiger partial charge is 0.211 e. The molecule has 1 saturated heterocycles. The van der Waals surface area contributed by atoms with Crippen LogP contribution in [0.5, 0.6) is 0 Å². The van der Waals surface area contributed by atoms with Crippen LogP contribution in [0.2, 0.25) is 0 Å². The van der Waals surface area contributed by atoms with E-state index in [0.717, 1.165) is 0 Å². The molecule has 2 rings (SSSR count). The van der Waals surface area contributed by atoms with E-state index in [-0.39, 0.29) is 0 Å². The topological polar surface area (TPSA) is 63.4 Å². The van der Waals surface area contributed by atoms with Crippen molar-refractivity contribution in [2.24, 2.45) is 0 Å². The van der Waals surface area contributed by atoms with Crippen molar-refractivity contribution in [2.75, 3.05) is 32.4 Å². The van der Waals surface area contributed by atoms with Gasteiger partial charge in [-0.25, -0.2) is 13.1 Å². The molecule has 7 nitrogen and oxygen atoms in total. The van der Waals surface area contributed by atoms with Crippen LogP contribution in [0.15, 0.2) is 6.33 Å². The molecular formula is C11H21N5O2S2. The number of hydrogen-bond donors (Lipinski definition) is 0. The Bertz CT molecular complexity index is 611. The van der Waals surface area contributed by atoms with Crippen LogP contribution in [-0.2, 0) is 16.7 Å². The van der Waals surface area contributed by atoms with Crippen molar-refractivity contribution in [1.29, 1.82) is 0 Å². The molecule has 0 radical (unpaired) electrons. The summed E-state index contributed by atoms with van der Waals surface area (Å²) in [5, 5.41) is 4.30. The lowest BCUT2D eigenvalue weighted by Gasteiger charge is -2.32. The third-order valence-corrected chi connectivity index (χ3v) is 5.17. The molecule has 0 aromatic carbocycles. The third-order valence-electron chi connectivity index (χ3n) is 3.45. The third kappa shape index (κ3) is 3.46. The number of nitrogens with zero attached hydrogens (tertiary/aromatic N) is 5. The van der Waals surface area contributed by atoms with Crippen molar-refractivity contribution in [2.45, 2.75) is 26.6 Å². The molecule has 1 aliphatic heterocycles. The summed E-state index contributed by atoms with van der Waals surface area (Å²) in [7, 11) is -3.08. The monoisotopic (exact) mass is 319 g/mol. The SMILES string of the molecule is CC(C)n1cnn(CN2CCN(S(C)(=O)=O)CC2)c1=S. The first-order valence-electron chi connectivity index (χ1n) is 6.60. The van der Waals surface area contributed by atoms with Crippen LogP contribution in [-0.4, -0.2) is 64.4 Å². The standard InChI is InChI=1S/C11H21N5O2S2/c1-10(2)15-8-12-16(11(15)19)9-13-4-6-14(7-5-13)20(3,17)18/h8,10H,4-7,9H2,1-3H3. The molecule has 0 N–H and O–H groups in total. The highest BCUT2D eigenvalue weighted by atomic mass is 32.2. The van der Waals surface area contributed by atoms with Crippen LogP contribution in [0.1, 0.15) is 19.9 Å². The second-order valence-electron chi connectivity index (χ2n) is 5.34. The first-order valence-corrected chi connectivity index (χ1v) is 8.86. The van der Waals surface area contributed by atoms with Gasteiger partial charge in [0.05, 0.1) is 12.9 Å². The predicted molar refractivity (Wildman–Crippen MR) is 79.4 cm³/mol. The maximum Gasteiger partial charge on any atom is 0.211 e. The van der Waals surface area contributed by atoms with Crippen molar-refractivity contribution in [3.05, 3.63) is 11.1 Å². The van der Waals surface area contributed by atoms with Crippen LogP contribution in [0.4, 0.5) is 0 Å². The maximum absolute atomic E-state index is 11.5. The Labute approximate surface area is 124 Å². The largest absolute Gasteiger partial charge is 0.304 e. The Balaban J connectivity index is 1.98. The van der Waals surface area contributed by atoms with Gasteiger partial charge in [0.2, 0.25) is 10.0 Å². The summed E-state index contributed by atoms with van der Waals surface area (Å²) in [6, 6.07) is 0.290. The number of sulfonamides is 1. The average molecular weight is 319 g/mol. The van der Waals surface area contributed by atoms with Crippen LogP contribution in [0.3, 0.4) is 0 Å². The number of piperazine rings is 1. The van der Waals surface area contributed by atoms with Gasteiger partial charge in [0.15, 0.2) is 4.77 Å². The van der Waals surface area contributed by atoms with E-state index in [0.29, 0.717) is 43.7 Å².